The van der Waals surface area contributed by atoms with Crippen molar-refractivity contribution in [3.05, 3.63) is 81.8 Å². The molecule has 33 heavy (non-hydrogen) atoms. The number of nitrogens with one attached hydrogen (secondary N) is 2. The second-order valence-corrected chi connectivity index (χ2v) is 8.23. The molecule has 1 aliphatic rings. The summed E-state index contributed by atoms with van der Waals surface area (Å²) in [6, 6.07) is 10.7. The lowest BCUT2D eigenvalue weighted by molar-refractivity contribution is -0.137. The van der Waals surface area contributed by atoms with Crippen LogP contribution in [0.1, 0.15) is 57.0 Å². The van der Waals surface area contributed by atoms with Crippen molar-refractivity contribution in [1.82, 2.24) is 0 Å². The van der Waals surface area contributed by atoms with Crippen molar-refractivity contribution in [1.29, 1.82) is 0 Å². The first-order valence-electron chi connectivity index (χ1n) is 10.6. The number of alkyl halides is 3. The summed E-state index contributed by atoms with van der Waals surface area (Å²) in [6.07, 6.45) is -2.38. The number of halogens is 3. The third-order valence-electron chi connectivity index (χ3n) is 5.68. The van der Waals surface area contributed by atoms with Gasteiger partial charge in [-0.15, -0.1) is 0 Å². The summed E-state index contributed by atoms with van der Waals surface area (Å²) in [5.74, 6) is 0.532. The van der Waals surface area contributed by atoms with Crippen LogP contribution in [0.4, 0.5) is 24.5 Å². The van der Waals surface area contributed by atoms with Crippen molar-refractivity contribution in [2.24, 2.45) is 5.10 Å². The summed E-state index contributed by atoms with van der Waals surface area (Å²) in [4.78, 5) is 13.0. The highest BCUT2D eigenvalue weighted by Gasteiger charge is 2.31. The molecule has 2 N–H and O–H groups in total. The molecule has 1 aliphatic carbocycles. The van der Waals surface area contributed by atoms with E-state index in [1.807, 2.05) is 32.0 Å². The molecular formula is C25H24F3N3O2. The molecular weight excluding hydrogens is 431 g/mol. The number of hydrazone groups is 1. The number of nitrogens with zero attached hydrogens (tertiary/aromatic N) is 1. The number of anilines is 2. The van der Waals surface area contributed by atoms with E-state index in [1.165, 1.54) is 12.1 Å². The highest BCUT2D eigenvalue weighted by molar-refractivity contribution is 6.09. The normalized spacial score (nSPS) is 14.8. The predicted octanol–water partition coefficient (Wildman–Crippen LogP) is 6.63. The Morgan fingerprint density at radius 1 is 1.06 bits per heavy atom. The van der Waals surface area contributed by atoms with Gasteiger partial charge in [0.25, 0.3) is 5.91 Å². The number of furan rings is 1. The molecule has 1 heterocycles. The van der Waals surface area contributed by atoms with Crippen LogP contribution >= 0.6 is 0 Å². The van der Waals surface area contributed by atoms with E-state index in [2.05, 4.69) is 15.8 Å². The quantitative estimate of drug-likeness (QED) is 0.434. The van der Waals surface area contributed by atoms with Gasteiger partial charge < -0.3 is 9.73 Å². The van der Waals surface area contributed by atoms with Crippen molar-refractivity contribution in [3.63, 3.8) is 0 Å². The van der Waals surface area contributed by atoms with Crippen LogP contribution in [0.25, 0.3) is 0 Å². The first-order valence-corrected chi connectivity index (χ1v) is 10.6. The molecule has 0 saturated carbocycles. The predicted molar refractivity (Wildman–Crippen MR) is 122 cm³/mol. The van der Waals surface area contributed by atoms with E-state index < -0.39 is 11.7 Å². The highest BCUT2D eigenvalue weighted by Crippen LogP contribution is 2.32. The highest BCUT2D eigenvalue weighted by atomic mass is 19.4. The number of aryl methyl sites for hydroxylation is 3. The molecule has 0 fully saturated rings. The van der Waals surface area contributed by atoms with Crippen molar-refractivity contribution in [3.8, 4) is 0 Å². The largest absolute Gasteiger partial charge is 0.455 e. The minimum Gasteiger partial charge on any atom is -0.455 e. The van der Waals surface area contributed by atoms with Crippen molar-refractivity contribution in [2.75, 3.05) is 10.7 Å². The van der Waals surface area contributed by atoms with Gasteiger partial charge in [-0.3, -0.25) is 10.2 Å². The Morgan fingerprint density at radius 2 is 1.85 bits per heavy atom. The van der Waals surface area contributed by atoms with Gasteiger partial charge in [0.05, 0.1) is 17.0 Å². The number of hydrogen-bond acceptors (Lipinski definition) is 4. The Kier molecular flexibility index (Phi) is 6.01. The minimum absolute atomic E-state index is 0.217. The Balaban J connectivity index is 1.60. The monoisotopic (exact) mass is 455 g/mol. The zero-order valence-corrected chi connectivity index (χ0v) is 18.6. The van der Waals surface area contributed by atoms with Gasteiger partial charge in [-0.05, 0) is 69.0 Å². The smallest absolute Gasteiger partial charge is 0.416 e. The fourth-order valence-electron chi connectivity index (χ4n) is 3.94. The van der Waals surface area contributed by atoms with Crippen molar-refractivity contribution < 1.29 is 22.4 Å². The topological polar surface area (TPSA) is 66.6 Å². The zero-order chi connectivity index (χ0) is 23.8. The number of benzene rings is 2. The molecule has 8 heteroatoms. The molecule has 0 spiro atoms. The maximum absolute atomic E-state index is 13.0. The van der Waals surface area contributed by atoms with Crippen LogP contribution in [0.3, 0.4) is 0 Å². The standard InChI is InChI=1S/C25H24F3N3O2/c1-14-10-11-15(2)20(12-14)29-24(32)23-16(3)22-19(8-5-9-21(22)33-23)31-30-18-7-4-6-17(13-18)25(26,27)28/h4,6-7,10-13,30H,5,8-9H2,1-3H3,(H,29,32)/b31-19+. The number of carbonyl (C=O) groups is 1. The Labute approximate surface area is 189 Å². The molecule has 172 valence electrons. The van der Waals surface area contributed by atoms with Crippen molar-refractivity contribution >= 4 is 23.0 Å². The lowest BCUT2D eigenvalue weighted by Crippen LogP contribution is -2.15. The average molecular weight is 455 g/mol. The second-order valence-electron chi connectivity index (χ2n) is 8.23. The van der Waals surface area contributed by atoms with Gasteiger partial charge in [0, 0.05) is 23.2 Å². The lowest BCUT2D eigenvalue weighted by atomic mass is 9.93. The molecule has 0 aliphatic heterocycles. The van der Waals surface area contributed by atoms with E-state index in [0.717, 1.165) is 35.2 Å². The van der Waals surface area contributed by atoms with Gasteiger partial charge in [0.2, 0.25) is 0 Å². The van der Waals surface area contributed by atoms with Crippen LogP contribution in [0, 0.1) is 20.8 Å². The molecule has 3 aromatic rings. The SMILES string of the molecule is Cc1ccc(C)c(NC(=O)c2oc3c(c2C)/C(=N/Nc2cccc(C(F)(F)F)c2)CCC3)c1. The maximum atomic E-state index is 13.0. The van der Waals surface area contributed by atoms with Crippen LogP contribution in [-0.2, 0) is 12.6 Å². The number of hydrogen-bond donors (Lipinski definition) is 2. The Hall–Kier alpha value is -3.55. The summed E-state index contributed by atoms with van der Waals surface area (Å²) < 4.78 is 44.9. The summed E-state index contributed by atoms with van der Waals surface area (Å²) in [5, 5.41) is 7.28. The summed E-state index contributed by atoms with van der Waals surface area (Å²) in [5.41, 5.74) is 6.96. The van der Waals surface area contributed by atoms with Crippen LogP contribution < -0.4 is 10.7 Å². The molecule has 0 radical (unpaired) electrons. The van der Waals surface area contributed by atoms with Gasteiger partial charge >= 0.3 is 6.18 Å². The van der Waals surface area contributed by atoms with Crippen LogP contribution in [0.5, 0.6) is 0 Å². The van der Waals surface area contributed by atoms with Gasteiger partial charge in [-0.1, -0.05) is 18.2 Å². The van der Waals surface area contributed by atoms with Crippen molar-refractivity contribution in [2.45, 2.75) is 46.2 Å². The van der Waals surface area contributed by atoms with E-state index in [0.29, 0.717) is 35.6 Å². The number of rotatable bonds is 4. The number of fused-ring (bicyclic) bond motifs is 1. The lowest BCUT2D eigenvalue weighted by Gasteiger charge is -2.14. The Morgan fingerprint density at radius 3 is 2.61 bits per heavy atom. The molecule has 0 bridgehead atoms. The van der Waals surface area contributed by atoms with Gasteiger partial charge in [0.15, 0.2) is 5.76 Å². The van der Waals surface area contributed by atoms with E-state index in [1.54, 1.807) is 6.92 Å². The van der Waals surface area contributed by atoms with Gasteiger partial charge in [-0.2, -0.15) is 18.3 Å². The minimum atomic E-state index is -4.43. The van der Waals surface area contributed by atoms with E-state index in [-0.39, 0.29) is 17.4 Å². The number of carbonyl (C=O) groups excluding carboxylic acids is 1. The fourth-order valence-corrected chi connectivity index (χ4v) is 3.94. The number of amides is 1. The Bertz CT molecular complexity index is 1240. The molecule has 2 aromatic carbocycles. The van der Waals surface area contributed by atoms with Gasteiger partial charge in [0.1, 0.15) is 5.76 Å². The second kappa shape index (κ2) is 8.77. The summed E-state index contributed by atoms with van der Waals surface area (Å²) >= 11 is 0. The average Bonchev–Trinajstić information content (AvgIpc) is 3.12. The molecule has 0 unspecified atom stereocenters. The van der Waals surface area contributed by atoms with E-state index in [9.17, 15) is 18.0 Å². The molecule has 1 aromatic heterocycles. The third-order valence-corrected chi connectivity index (χ3v) is 5.68. The molecule has 4 rings (SSSR count). The molecule has 0 atom stereocenters. The third kappa shape index (κ3) is 4.79. The first kappa shape index (κ1) is 22.6. The van der Waals surface area contributed by atoms with Crippen LogP contribution in [0.15, 0.2) is 52.0 Å². The van der Waals surface area contributed by atoms with E-state index in [4.69, 9.17) is 4.42 Å². The molecule has 0 saturated heterocycles. The first-order chi connectivity index (χ1) is 15.6. The molecule has 1 amide bonds. The summed E-state index contributed by atoms with van der Waals surface area (Å²) in [7, 11) is 0. The van der Waals surface area contributed by atoms with Crippen LogP contribution in [0.2, 0.25) is 0 Å². The van der Waals surface area contributed by atoms with Gasteiger partial charge in [-0.25, -0.2) is 0 Å². The van der Waals surface area contributed by atoms with E-state index >= 15 is 0 Å². The maximum Gasteiger partial charge on any atom is 0.416 e. The van der Waals surface area contributed by atoms with Crippen LogP contribution in [-0.4, -0.2) is 11.6 Å². The fraction of sp³-hybridized carbons (Fsp3) is 0.280. The molecule has 5 nitrogen and oxygen atoms in total. The zero-order valence-electron chi connectivity index (χ0n) is 18.6. The summed E-state index contributed by atoms with van der Waals surface area (Å²) in [6.45, 7) is 5.66.